The lowest BCUT2D eigenvalue weighted by Crippen LogP contribution is -2.32. The quantitative estimate of drug-likeness (QED) is 0.657. The van der Waals surface area contributed by atoms with E-state index in [2.05, 4.69) is 16.4 Å². The van der Waals surface area contributed by atoms with Crippen LogP contribution in [0.25, 0.3) is 0 Å². The summed E-state index contributed by atoms with van der Waals surface area (Å²) < 4.78 is 7.23. The first-order valence-electron chi connectivity index (χ1n) is 9.88. The van der Waals surface area contributed by atoms with Crippen LogP contribution in [0.4, 0.5) is 5.69 Å². The van der Waals surface area contributed by atoms with E-state index in [1.165, 1.54) is 0 Å². The lowest BCUT2D eigenvalue weighted by Gasteiger charge is -2.17. The number of ether oxygens (including phenoxy) is 1. The molecule has 1 aromatic heterocycles. The number of aromatic nitrogens is 2. The molecule has 1 unspecified atom stereocenters. The molecule has 2 aromatic carbocycles. The fraction of sp³-hybridized carbons (Fsp3) is 0.261. The van der Waals surface area contributed by atoms with Crippen molar-refractivity contribution in [2.75, 3.05) is 18.6 Å². The second-order valence-electron chi connectivity index (χ2n) is 7.38. The molecule has 1 aliphatic rings. The van der Waals surface area contributed by atoms with Crippen molar-refractivity contribution in [1.29, 1.82) is 0 Å². The van der Waals surface area contributed by atoms with E-state index in [-0.39, 0.29) is 24.2 Å². The van der Waals surface area contributed by atoms with Crippen molar-refractivity contribution < 1.29 is 14.3 Å². The normalized spacial score (nSPS) is 16.0. The van der Waals surface area contributed by atoms with Crippen molar-refractivity contribution in [2.24, 2.45) is 5.92 Å². The molecule has 7 nitrogen and oxygen atoms in total. The van der Waals surface area contributed by atoms with Gasteiger partial charge in [-0.1, -0.05) is 30.3 Å². The predicted molar refractivity (Wildman–Crippen MR) is 113 cm³/mol. The van der Waals surface area contributed by atoms with E-state index in [1.807, 2.05) is 53.2 Å². The molecule has 0 saturated carbocycles. The second-order valence-corrected chi connectivity index (χ2v) is 7.38. The van der Waals surface area contributed by atoms with Crippen LogP contribution >= 0.6 is 0 Å². The summed E-state index contributed by atoms with van der Waals surface area (Å²) in [7, 11) is 1.59. The molecule has 0 bridgehead atoms. The van der Waals surface area contributed by atoms with E-state index >= 15 is 0 Å². The minimum absolute atomic E-state index is 0.0502. The average Bonchev–Trinajstić information content (AvgIpc) is 3.42. The van der Waals surface area contributed by atoms with Gasteiger partial charge in [-0.25, -0.2) is 4.98 Å². The minimum atomic E-state index is -0.363. The van der Waals surface area contributed by atoms with Gasteiger partial charge in [-0.15, -0.1) is 0 Å². The second kappa shape index (κ2) is 8.82. The summed E-state index contributed by atoms with van der Waals surface area (Å²) in [5.74, 6) is 0.168. The maximum absolute atomic E-state index is 12.7. The van der Waals surface area contributed by atoms with Gasteiger partial charge >= 0.3 is 0 Å². The number of benzene rings is 2. The van der Waals surface area contributed by atoms with Gasteiger partial charge in [0.05, 0.1) is 19.4 Å². The summed E-state index contributed by atoms with van der Waals surface area (Å²) >= 11 is 0. The van der Waals surface area contributed by atoms with Crippen molar-refractivity contribution in [3.8, 4) is 5.75 Å². The van der Waals surface area contributed by atoms with Crippen molar-refractivity contribution in [3.05, 3.63) is 78.4 Å². The molecule has 4 rings (SSSR count). The van der Waals surface area contributed by atoms with Crippen molar-refractivity contribution >= 4 is 17.5 Å². The Morgan fingerprint density at radius 1 is 1.20 bits per heavy atom. The Morgan fingerprint density at radius 3 is 2.83 bits per heavy atom. The zero-order valence-corrected chi connectivity index (χ0v) is 16.8. The maximum atomic E-state index is 12.7. The number of imidazole rings is 1. The highest BCUT2D eigenvalue weighted by molar-refractivity contribution is 6.00. The van der Waals surface area contributed by atoms with Crippen LogP contribution in [-0.2, 0) is 22.7 Å². The lowest BCUT2D eigenvalue weighted by molar-refractivity contribution is -0.126. The molecule has 3 aromatic rings. The first-order chi connectivity index (χ1) is 14.6. The molecular weight excluding hydrogens is 380 g/mol. The van der Waals surface area contributed by atoms with E-state index in [1.54, 1.807) is 24.5 Å². The molecule has 1 aliphatic heterocycles. The average molecular weight is 404 g/mol. The van der Waals surface area contributed by atoms with Crippen LogP contribution < -0.4 is 15.0 Å². The molecule has 154 valence electrons. The van der Waals surface area contributed by atoms with Gasteiger partial charge in [-0.05, 0) is 23.3 Å². The SMILES string of the molecule is COc1cccc(N2CC(C(=O)NCc3cccc(Cn4ccnc4)c3)CC2=O)c1. The van der Waals surface area contributed by atoms with Crippen LogP contribution in [0.2, 0.25) is 0 Å². The number of hydrogen-bond donors (Lipinski definition) is 1. The number of rotatable bonds is 7. The van der Waals surface area contributed by atoms with E-state index in [9.17, 15) is 9.59 Å². The topological polar surface area (TPSA) is 76.5 Å². The lowest BCUT2D eigenvalue weighted by atomic mass is 10.1. The number of amides is 2. The molecule has 30 heavy (non-hydrogen) atoms. The van der Waals surface area contributed by atoms with Crippen molar-refractivity contribution in [3.63, 3.8) is 0 Å². The van der Waals surface area contributed by atoms with Gasteiger partial charge < -0.3 is 19.5 Å². The summed E-state index contributed by atoms with van der Waals surface area (Å²) in [6.07, 6.45) is 5.66. The molecule has 7 heteroatoms. The first kappa shape index (κ1) is 19.7. The molecule has 2 heterocycles. The van der Waals surface area contributed by atoms with E-state index in [0.29, 0.717) is 18.8 Å². The Morgan fingerprint density at radius 2 is 2.03 bits per heavy atom. The molecule has 1 atom stereocenters. The Labute approximate surface area is 175 Å². The monoisotopic (exact) mass is 404 g/mol. The van der Waals surface area contributed by atoms with Gasteiger partial charge in [-0.3, -0.25) is 9.59 Å². The van der Waals surface area contributed by atoms with Gasteiger partial charge in [-0.2, -0.15) is 0 Å². The third-order valence-corrected chi connectivity index (χ3v) is 5.24. The molecule has 1 N–H and O–H groups in total. The van der Waals surface area contributed by atoms with E-state index in [0.717, 1.165) is 23.4 Å². The summed E-state index contributed by atoms with van der Waals surface area (Å²) in [6.45, 7) is 1.54. The van der Waals surface area contributed by atoms with Crippen LogP contribution in [0.5, 0.6) is 5.75 Å². The van der Waals surface area contributed by atoms with Gasteiger partial charge in [0.2, 0.25) is 11.8 Å². The number of methoxy groups -OCH3 is 1. The Bertz CT molecular complexity index is 1030. The molecular formula is C23H24N4O3. The minimum Gasteiger partial charge on any atom is -0.497 e. The standard InChI is InChI=1S/C23H24N4O3/c1-30-21-7-3-6-20(12-21)27-15-19(11-22(27)28)23(29)25-13-17-4-2-5-18(10-17)14-26-9-8-24-16-26/h2-10,12,16,19H,11,13-15H2,1H3,(H,25,29). The van der Waals surface area contributed by atoms with Crippen LogP contribution in [0.15, 0.2) is 67.3 Å². The molecule has 2 amide bonds. The third-order valence-electron chi connectivity index (χ3n) is 5.24. The smallest absolute Gasteiger partial charge is 0.227 e. The number of carbonyl (C=O) groups excluding carboxylic acids is 2. The summed E-state index contributed by atoms with van der Waals surface area (Å²) in [6, 6.07) is 15.4. The number of anilines is 1. The van der Waals surface area contributed by atoms with Crippen LogP contribution in [-0.4, -0.2) is 35.0 Å². The molecule has 0 spiro atoms. The Hall–Kier alpha value is -3.61. The van der Waals surface area contributed by atoms with Crippen LogP contribution in [0.1, 0.15) is 17.5 Å². The highest BCUT2D eigenvalue weighted by Crippen LogP contribution is 2.28. The van der Waals surface area contributed by atoms with Gasteiger partial charge in [0.15, 0.2) is 0 Å². The predicted octanol–water partition coefficient (Wildman–Crippen LogP) is 2.61. The maximum Gasteiger partial charge on any atom is 0.227 e. The highest BCUT2D eigenvalue weighted by atomic mass is 16.5. The fourth-order valence-electron chi connectivity index (χ4n) is 3.67. The summed E-state index contributed by atoms with van der Waals surface area (Å²) in [5.41, 5.74) is 2.91. The Kier molecular flexibility index (Phi) is 5.79. The summed E-state index contributed by atoms with van der Waals surface area (Å²) in [5, 5.41) is 2.98. The molecule has 1 fully saturated rings. The number of hydrogen-bond acceptors (Lipinski definition) is 4. The molecule has 0 aliphatic carbocycles. The largest absolute Gasteiger partial charge is 0.497 e. The number of nitrogens with zero attached hydrogens (tertiary/aromatic N) is 3. The zero-order chi connectivity index (χ0) is 20.9. The van der Waals surface area contributed by atoms with E-state index < -0.39 is 0 Å². The number of carbonyl (C=O) groups is 2. The first-order valence-corrected chi connectivity index (χ1v) is 9.88. The van der Waals surface area contributed by atoms with Crippen LogP contribution in [0, 0.1) is 5.92 Å². The Balaban J connectivity index is 1.35. The highest BCUT2D eigenvalue weighted by Gasteiger charge is 2.35. The van der Waals surface area contributed by atoms with Crippen LogP contribution in [0.3, 0.4) is 0 Å². The van der Waals surface area contributed by atoms with Gasteiger partial charge in [0.25, 0.3) is 0 Å². The zero-order valence-electron chi connectivity index (χ0n) is 16.8. The molecule has 0 radical (unpaired) electrons. The van der Waals surface area contributed by atoms with Crippen molar-refractivity contribution in [1.82, 2.24) is 14.9 Å². The van der Waals surface area contributed by atoms with Gasteiger partial charge in [0.1, 0.15) is 5.75 Å². The third kappa shape index (κ3) is 4.51. The summed E-state index contributed by atoms with van der Waals surface area (Å²) in [4.78, 5) is 30.8. The fourth-order valence-corrected chi connectivity index (χ4v) is 3.67. The number of nitrogens with one attached hydrogen (secondary N) is 1. The molecule has 1 saturated heterocycles. The van der Waals surface area contributed by atoms with Crippen molar-refractivity contribution in [2.45, 2.75) is 19.5 Å². The van der Waals surface area contributed by atoms with E-state index in [4.69, 9.17) is 4.74 Å². The van der Waals surface area contributed by atoms with Gasteiger partial charge in [0, 0.05) is 50.2 Å².